The third-order valence-corrected chi connectivity index (χ3v) is 2.90. The van der Waals surface area contributed by atoms with E-state index in [0.717, 1.165) is 5.69 Å². The fourth-order valence-corrected chi connectivity index (χ4v) is 2.03. The van der Waals surface area contributed by atoms with E-state index in [1.165, 1.54) is 17.4 Å². The van der Waals surface area contributed by atoms with Gasteiger partial charge in [0.25, 0.3) is 0 Å². The molecular weight excluding hydrogens is 252 g/mol. The van der Waals surface area contributed by atoms with Gasteiger partial charge in [0.1, 0.15) is 5.82 Å². The second-order valence-corrected chi connectivity index (χ2v) is 4.27. The summed E-state index contributed by atoms with van der Waals surface area (Å²) in [4.78, 5) is 14.7. The molecule has 0 atom stereocenters. The van der Waals surface area contributed by atoms with E-state index in [2.05, 4.69) is 15.6 Å². The van der Waals surface area contributed by atoms with Gasteiger partial charge in [0.05, 0.1) is 10.6 Å². The largest absolute Gasteiger partial charge is 0.370 e. The summed E-state index contributed by atoms with van der Waals surface area (Å²) in [5, 5.41) is 20.7. The van der Waals surface area contributed by atoms with E-state index in [9.17, 15) is 10.1 Å². The van der Waals surface area contributed by atoms with Crippen molar-refractivity contribution in [2.75, 3.05) is 17.2 Å². The van der Waals surface area contributed by atoms with Crippen molar-refractivity contribution in [2.45, 2.75) is 6.92 Å². The number of hydrogen-bond donors (Lipinski definition) is 2. The van der Waals surface area contributed by atoms with Crippen LogP contribution in [0.2, 0.25) is 0 Å². The summed E-state index contributed by atoms with van der Waals surface area (Å²) in [5.41, 5.74) is 0.757. The lowest BCUT2D eigenvalue weighted by molar-refractivity contribution is -0.384. The molecule has 7 heteroatoms. The third-order valence-electron chi connectivity index (χ3n) is 2.21. The van der Waals surface area contributed by atoms with Gasteiger partial charge >= 0.3 is 5.69 Å². The molecule has 0 spiro atoms. The second kappa shape index (κ2) is 5.46. The minimum Gasteiger partial charge on any atom is -0.370 e. The zero-order valence-corrected chi connectivity index (χ0v) is 10.5. The first-order valence-electron chi connectivity index (χ1n) is 5.39. The second-order valence-electron chi connectivity index (χ2n) is 3.49. The Morgan fingerprint density at radius 2 is 2.28 bits per heavy atom. The smallest absolute Gasteiger partial charge is 0.311 e. The van der Waals surface area contributed by atoms with Gasteiger partial charge in [-0.25, -0.2) is 4.98 Å². The molecule has 2 aromatic heterocycles. The molecule has 0 aliphatic heterocycles. The first kappa shape index (κ1) is 12.3. The molecular formula is C11H12N4O2S. The summed E-state index contributed by atoms with van der Waals surface area (Å²) < 4.78 is 0. The summed E-state index contributed by atoms with van der Waals surface area (Å²) >= 11 is 1.51. The molecule has 6 nitrogen and oxygen atoms in total. The van der Waals surface area contributed by atoms with Gasteiger partial charge in [-0.2, -0.15) is 11.3 Å². The molecule has 0 radical (unpaired) electrons. The highest BCUT2D eigenvalue weighted by Crippen LogP contribution is 2.27. The quantitative estimate of drug-likeness (QED) is 0.640. The van der Waals surface area contributed by atoms with Crippen molar-refractivity contribution in [2.24, 2.45) is 0 Å². The zero-order chi connectivity index (χ0) is 13.0. The van der Waals surface area contributed by atoms with E-state index < -0.39 is 4.92 Å². The Morgan fingerprint density at radius 1 is 1.44 bits per heavy atom. The number of anilines is 3. The number of hydrogen-bond acceptors (Lipinski definition) is 6. The predicted octanol–water partition coefficient (Wildman–Crippen LogP) is 3.23. The molecule has 0 fully saturated rings. The van der Waals surface area contributed by atoms with E-state index in [1.807, 2.05) is 23.8 Å². The third kappa shape index (κ3) is 2.75. The lowest BCUT2D eigenvalue weighted by Crippen LogP contribution is -2.04. The number of nitrogens with zero attached hydrogens (tertiary/aromatic N) is 2. The van der Waals surface area contributed by atoms with E-state index in [4.69, 9.17) is 0 Å². The van der Waals surface area contributed by atoms with Crippen LogP contribution in [0.1, 0.15) is 6.92 Å². The Balaban J connectivity index is 2.34. The number of pyridine rings is 1. The van der Waals surface area contributed by atoms with E-state index in [-0.39, 0.29) is 11.5 Å². The van der Waals surface area contributed by atoms with Gasteiger partial charge in [0, 0.05) is 18.0 Å². The Bertz CT molecular complexity index is 542. The Kier molecular flexibility index (Phi) is 3.73. The molecule has 2 heterocycles. The van der Waals surface area contributed by atoms with Crippen LogP contribution in [0.5, 0.6) is 0 Å². The van der Waals surface area contributed by atoms with Crippen LogP contribution in [0.4, 0.5) is 23.0 Å². The number of nitro groups is 1. The van der Waals surface area contributed by atoms with Gasteiger partial charge in [-0.05, 0) is 24.4 Å². The van der Waals surface area contributed by atoms with Crippen LogP contribution in [-0.4, -0.2) is 16.5 Å². The molecule has 0 unspecified atom stereocenters. The molecule has 2 N–H and O–H groups in total. The molecule has 2 rings (SSSR count). The minimum atomic E-state index is -0.447. The van der Waals surface area contributed by atoms with Gasteiger partial charge < -0.3 is 10.6 Å². The average Bonchev–Trinajstić information content (AvgIpc) is 2.82. The summed E-state index contributed by atoms with van der Waals surface area (Å²) in [7, 11) is 0. The molecule has 0 amide bonds. The van der Waals surface area contributed by atoms with Crippen molar-refractivity contribution in [1.29, 1.82) is 0 Å². The van der Waals surface area contributed by atoms with Crippen molar-refractivity contribution in [1.82, 2.24) is 4.98 Å². The molecule has 0 saturated heterocycles. The molecule has 0 saturated carbocycles. The van der Waals surface area contributed by atoms with Crippen molar-refractivity contribution >= 4 is 34.3 Å². The highest BCUT2D eigenvalue weighted by atomic mass is 32.1. The van der Waals surface area contributed by atoms with Crippen LogP contribution >= 0.6 is 11.3 Å². The molecule has 0 bridgehead atoms. The summed E-state index contributed by atoms with van der Waals surface area (Å²) in [6, 6.07) is 4.89. The number of thiophene rings is 1. The highest BCUT2D eigenvalue weighted by Gasteiger charge is 2.16. The first-order valence-corrected chi connectivity index (χ1v) is 6.33. The maximum Gasteiger partial charge on any atom is 0.311 e. The van der Waals surface area contributed by atoms with Gasteiger partial charge in [-0.1, -0.05) is 0 Å². The molecule has 18 heavy (non-hydrogen) atoms. The van der Waals surface area contributed by atoms with Crippen LogP contribution in [0, 0.1) is 10.1 Å². The van der Waals surface area contributed by atoms with Crippen LogP contribution in [0.15, 0.2) is 29.0 Å². The summed E-state index contributed by atoms with van der Waals surface area (Å²) in [6.45, 7) is 2.65. The monoisotopic (exact) mass is 264 g/mol. The fraction of sp³-hybridized carbons (Fsp3) is 0.182. The van der Waals surface area contributed by atoms with Crippen LogP contribution in [0.25, 0.3) is 0 Å². The van der Waals surface area contributed by atoms with Crippen LogP contribution in [0.3, 0.4) is 0 Å². The number of nitrogens with one attached hydrogen (secondary N) is 2. The average molecular weight is 264 g/mol. The highest BCUT2D eigenvalue weighted by molar-refractivity contribution is 7.08. The van der Waals surface area contributed by atoms with E-state index in [1.54, 1.807) is 6.07 Å². The predicted molar refractivity (Wildman–Crippen MR) is 72.7 cm³/mol. The van der Waals surface area contributed by atoms with Gasteiger partial charge in [-0.15, -0.1) is 0 Å². The lowest BCUT2D eigenvalue weighted by atomic mass is 10.3. The lowest BCUT2D eigenvalue weighted by Gasteiger charge is -2.07. The maximum atomic E-state index is 10.9. The molecule has 0 aromatic carbocycles. The van der Waals surface area contributed by atoms with Gasteiger partial charge in [-0.3, -0.25) is 10.1 Å². The van der Waals surface area contributed by atoms with Crippen LogP contribution < -0.4 is 10.6 Å². The topological polar surface area (TPSA) is 80.1 Å². The zero-order valence-electron chi connectivity index (χ0n) is 9.71. The normalized spacial score (nSPS) is 10.1. The first-order chi connectivity index (χ1) is 8.70. The molecule has 94 valence electrons. The van der Waals surface area contributed by atoms with Gasteiger partial charge in [0.15, 0.2) is 0 Å². The molecule has 2 aromatic rings. The SMILES string of the molecule is CCNc1ccc([N+](=O)[O-])c(Nc2ccsc2)n1. The van der Waals surface area contributed by atoms with E-state index in [0.29, 0.717) is 12.4 Å². The van der Waals surface area contributed by atoms with Crippen LogP contribution in [-0.2, 0) is 0 Å². The van der Waals surface area contributed by atoms with Crippen molar-refractivity contribution in [3.63, 3.8) is 0 Å². The summed E-state index contributed by atoms with van der Waals surface area (Å²) in [5.74, 6) is 0.859. The Hall–Kier alpha value is -2.15. The standard InChI is InChI=1S/C11H12N4O2S/c1-2-12-10-4-3-9(15(16)17)11(14-10)13-8-5-6-18-7-8/h3-7H,2H2,1H3,(H2,12,13,14). The van der Waals surface area contributed by atoms with Crippen molar-refractivity contribution in [3.05, 3.63) is 39.1 Å². The molecule has 0 aliphatic rings. The van der Waals surface area contributed by atoms with Crippen molar-refractivity contribution in [3.8, 4) is 0 Å². The summed E-state index contributed by atoms with van der Waals surface area (Å²) in [6.07, 6.45) is 0. The Morgan fingerprint density at radius 3 is 2.89 bits per heavy atom. The van der Waals surface area contributed by atoms with Crippen molar-refractivity contribution < 1.29 is 4.92 Å². The van der Waals surface area contributed by atoms with Gasteiger partial charge in [0.2, 0.25) is 5.82 Å². The number of aromatic nitrogens is 1. The Labute approximate surface area is 108 Å². The minimum absolute atomic E-state index is 0.0390. The maximum absolute atomic E-state index is 10.9. The van der Waals surface area contributed by atoms with E-state index >= 15 is 0 Å². The fourth-order valence-electron chi connectivity index (χ4n) is 1.44. The molecule has 0 aliphatic carbocycles. The number of rotatable bonds is 5.